The van der Waals surface area contributed by atoms with E-state index < -0.39 is 5.97 Å². The van der Waals surface area contributed by atoms with Gasteiger partial charge in [0.1, 0.15) is 0 Å². The van der Waals surface area contributed by atoms with Gasteiger partial charge in [0.05, 0.1) is 24.1 Å². The lowest BCUT2D eigenvalue weighted by Crippen LogP contribution is -2.01. The highest BCUT2D eigenvalue weighted by molar-refractivity contribution is 5.90. The Bertz CT molecular complexity index is 609. The molecule has 5 heteroatoms. The van der Waals surface area contributed by atoms with Crippen molar-refractivity contribution in [3.05, 3.63) is 47.7 Å². The van der Waals surface area contributed by atoms with Crippen molar-refractivity contribution in [1.29, 1.82) is 0 Å². The van der Waals surface area contributed by atoms with Crippen LogP contribution in [0.3, 0.4) is 0 Å². The molecule has 5 nitrogen and oxygen atoms in total. The lowest BCUT2D eigenvalue weighted by atomic mass is 10.1. The van der Waals surface area contributed by atoms with Gasteiger partial charge in [0.2, 0.25) is 5.88 Å². The van der Waals surface area contributed by atoms with E-state index in [1.807, 2.05) is 13.0 Å². The molecule has 0 saturated carbocycles. The summed E-state index contributed by atoms with van der Waals surface area (Å²) in [5, 5.41) is 12.2. The Kier molecular flexibility index (Phi) is 4.20. The normalized spacial score (nSPS) is 10.1. The summed E-state index contributed by atoms with van der Waals surface area (Å²) >= 11 is 0. The van der Waals surface area contributed by atoms with E-state index in [1.54, 1.807) is 37.4 Å². The van der Waals surface area contributed by atoms with Crippen LogP contribution in [0.5, 0.6) is 5.88 Å². The van der Waals surface area contributed by atoms with Crippen LogP contribution >= 0.6 is 0 Å². The molecule has 0 unspecified atom stereocenters. The maximum atomic E-state index is 10.9. The Morgan fingerprint density at radius 2 is 2.05 bits per heavy atom. The number of aryl methyl sites for hydroxylation is 1. The van der Waals surface area contributed by atoms with Gasteiger partial charge in [-0.2, -0.15) is 0 Å². The molecule has 1 aromatic carbocycles. The first-order valence-corrected chi connectivity index (χ1v) is 6.30. The average molecular weight is 272 g/mol. The van der Waals surface area contributed by atoms with Gasteiger partial charge in [0, 0.05) is 11.8 Å². The Balaban J connectivity index is 2.13. The minimum absolute atomic E-state index is 0.306. The summed E-state index contributed by atoms with van der Waals surface area (Å²) in [5.41, 5.74) is 2.65. The maximum Gasteiger partial charge on any atom is 0.335 e. The largest absolute Gasteiger partial charge is 0.478 e. The van der Waals surface area contributed by atoms with Crippen molar-refractivity contribution in [2.24, 2.45) is 0 Å². The molecule has 0 spiro atoms. The summed E-state index contributed by atoms with van der Waals surface area (Å²) in [6.07, 6.45) is 1.67. The fourth-order valence-electron chi connectivity index (χ4n) is 1.84. The fraction of sp³-hybridized carbons (Fsp3) is 0.200. The predicted octanol–water partition coefficient (Wildman–Crippen LogP) is 3.23. The molecule has 0 aliphatic rings. The number of carboxylic acids is 1. The molecule has 0 aliphatic heterocycles. The molecule has 0 bridgehead atoms. The molecule has 20 heavy (non-hydrogen) atoms. The molecule has 0 fully saturated rings. The molecule has 0 aliphatic carbocycles. The van der Waals surface area contributed by atoms with E-state index in [2.05, 4.69) is 10.3 Å². The van der Waals surface area contributed by atoms with Crippen molar-refractivity contribution in [2.75, 3.05) is 11.9 Å². The number of anilines is 2. The number of nitrogens with zero attached hydrogens (tertiary/aromatic N) is 1. The van der Waals surface area contributed by atoms with Crippen molar-refractivity contribution in [3.8, 4) is 5.88 Å². The first-order valence-electron chi connectivity index (χ1n) is 6.30. The van der Waals surface area contributed by atoms with Crippen LogP contribution in [0.1, 0.15) is 22.8 Å². The third-order valence-corrected chi connectivity index (χ3v) is 2.77. The van der Waals surface area contributed by atoms with Crippen LogP contribution in [0.25, 0.3) is 0 Å². The van der Waals surface area contributed by atoms with Gasteiger partial charge in [-0.25, -0.2) is 9.78 Å². The number of nitrogens with one attached hydrogen (secondary N) is 1. The Hall–Kier alpha value is -2.56. The van der Waals surface area contributed by atoms with Crippen molar-refractivity contribution in [3.63, 3.8) is 0 Å². The quantitative estimate of drug-likeness (QED) is 0.874. The number of benzene rings is 1. The second-order valence-corrected chi connectivity index (χ2v) is 4.28. The number of pyridine rings is 1. The highest BCUT2D eigenvalue weighted by Gasteiger charge is 2.07. The number of hydrogen-bond donors (Lipinski definition) is 2. The zero-order chi connectivity index (χ0) is 14.5. The third kappa shape index (κ3) is 3.26. The smallest absolute Gasteiger partial charge is 0.335 e. The summed E-state index contributed by atoms with van der Waals surface area (Å²) in [5.74, 6) is -0.341. The van der Waals surface area contributed by atoms with Crippen LogP contribution in [-0.4, -0.2) is 22.7 Å². The van der Waals surface area contributed by atoms with E-state index in [4.69, 9.17) is 9.84 Å². The molecule has 0 amide bonds. The maximum absolute atomic E-state index is 10.9. The zero-order valence-corrected chi connectivity index (χ0v) is 11.4. The number of hydrogen-bond acceptors (Lipinski definition) is 4. The van der Waals surface area contributed by atoms with Gasteiger partial charge in [-0.3, -0.25) is 0 Å². The van der Waals surface area contributed by atoms with Gasteiger partial charge >= 0.3 is 5.97 Å². The highest BCUT2D eigenvalue weighted by Crippen LogP contribution is 2.20. The van der Waals surface area contributed by atoms with Crippen LogP contribution in [0.15, 0.2) is 36.5 Å². The first-order chi connectivity index (χ1) is 9.60. The van der Waals surface area contributed by atoms with E-state index in [9.17, 15) is 4.79 Å². The van der Waals surface area contributed by atoms with Crippen molar-refractivity contribution < 1.29 is 14.6 Å². The van der Waals surface area contributed by atoms with Crippen LogP contribution in [0.4, 0.5) is 11.4 Å². The number of aromatic carboxylic acids is 1. The second-order valence-electron chi connectivity index (χ2n) is 4.28. The molecule has 0 saturated heterocycles. The summed E-state index contributed by atoms with van der Waals surface area (Å²) in [7, 11) is 0. The molecule has 1 aromatic heterocycles. The second kappa shape index (κ2) is 6.06. The van der Waals surface area contributed by atoms with Gasteiger partial charge < -0.3 is 15.2 Å². The zero-order valence-electron chi connectivity index (χ0n) is 11.4. The Labute approximate surface area is 117 Å². The molecule has 104 valence electrons. The van der Waals surface area contributed by atoms with E-state index in [1.165, 1.54) is 0 Å². The van der Waals surface area contributed by atoms with E-state index in [0.717, 1.165) is 11.4 Å². The SMILES string of the molecule is CCOc1ccc(Nc2ccc(C(=O)O)c(C)c2)cn1. The topological polar surface area (TPSA) is 71.5 Å². The lowest BCUT2D eigenvalue weighted by Gasteiger charge is -2.09. The monoisotopic (exact) mass is 272 g/mol. The highest BCUT2D eigenvalue weighted by atomic mass is 16.5. The molecular weight excluding hydrogens is 256 g/mol. The minimum atomic E-state index is -0.920. The van der Waals surface area contributed by atoms with Crippen molar-refractivity contribution >= 4 is 17.3 Å². The molecular formula is C15H16N2O3. The van der Waals surface area contributed by atoms with Crippen LogP contribution in [0.2, 0.25) is 0 Å². The minimum Gasteiger partial charge on any atom is -0.478 e. The summed E-state index contributed by atoms with van der Waals surface area (Å²) < 4.78 is 5.27. The number of rotatable bonds is 5. The van der Waals surface area contributed by atoms with Crippen molar-refractivity contribution in [2.45, 2.75) is 13.8 Å². The summed E-state index contributed by atoms with van der Waals surface area (Å²) in [4.78, 5) is 15.1. The van der Waals surface area contributed by atoms with E-state index >= 15 is 0 Å². The molecule has 2 N–H and O–H groups in total. The summed E-state index contributed by atoms with van der Waals surface area (Å²) in [6.45, 7) is 4.25. The van der Waals surface area contributed by atoms with Crippen LogP contribution in [-0.2, 0) is 0 Å². The van der Waals surface area contributed by atoms with Gasteiger partial charge in [-0.1, -0.05) is 0 Å². The first kappa shape index (κ1) is 13.9. The Morgan fingerprint density at radius 3 is 2.60 bits per heavy atom. The van der Waals surface area contributed by atoms with Crippen molar-refractivity contribution in [1.82, 2.24) is 4.98 Å². The van der Waals surface area contributed by atoms with Gasteiger partial charge in [0.15, 0.2) is 0 Å². The van der Waals surface area contributed by atoms with Gasteiger partial charge in [0.25, 0.3) is 0 Å². The molecule has 2 rings (SSSR count). The number of aromatic nitrogens is 1. The van der Waals surface area contributed by atoms with Crippen LogP contribution < -0.4 is 10.1 Å². The lowest BCUT2D eigenvalue weighted by molar-refractivity contribution is 0.0696. The van der Waals surface area contributed by atoms with Gasteiger partial charge in [-0.05, 0) is 43.7 Å². The summed E-state index contributed by atoms with van der Waals surface area (Å²) in [6, 6.07) is 8.75. The number of carboxylic acid groups (broad SMARTS) is 1. The predicted molar refractivity (Wildman–Crippen MR) is 76.8 cm³/mol. The average Bonchev–Trinajstić information content (AvgIpc) is 2.41. The fourth-order valence-corrected chi connectivity index (χ4v) is 1.84. The molecule has 1 heterocycles. The van der Waals surface area contributed by atoms with E-state index in [-0.39, 0.29) is 0 Å². The van der Waals surface area contributed by atoms with Gasteiger partial charge in [-0.15, -0.1) is 0 Å². The van der Waals surface area contributed by atoms with Crippen LogP contribution in [0, 0.1) is 6.92 Å². The Morgan fingerprint density at radius 1 is 1.30 bits per heavy atom. The molecule has 2 aromatic rings. The standard InChI is InChI=1S/C15H16N2O3/c1-3-20-14-7-5-12(9-16-14)17-11-4-6-13(15(18)19)10(2)8-11/h4-9,17H,3H2,1-2H3,(H,18,19). The number of ether oxygens (including phenoxy) is 1. The third-order valence-electron chi connectivity index (χ3n) is 2.77. The van der Waals surface area contributed by atoms with E-state index in [0.29, 0.717) is 23.6 Å². The molecule has 0 atom stereocenters. The molecule has 0 radical (unpaired) electrons. The number of carbonyl (C=O) groups is 1.